The lowest BCUT2D eigenvalue weighted by molar-refractivity contribution is 0.0524. The number of rotatable bonds is 5. The van der Waals surface area contributed by atoms with Gasteiger partial charge in [0.1, 0.15) is 5.56 Å². The Balaban J connectivity index is 1.51. The molecule has 2 aromatic carbocycles. The summed E-state index contributed by atoms with van der Waals surface area (Å²) in [7, 11) is 1.42. The maximum absolute atomic E-state index is 12.6. The topological polar surface area (TPSA) is 111 Å². The van der Waals surface area contributed by atoms with Crippen LogP contribution >= 0.6 is 0 Å². The second kappa shape index (κ2) is 8.10. The Labute approximate surface area is 183 Å². The Hall–Kier alpha value is -4.27. The standard InChI is InChI=1S/C23H20N4O5/c1-4-32-23(31)19-12-24-27(13(19)2)16-8-5-14(6-9-16)20(28)25-15-7-10-17-18(11-15)22(30)26(3)21(17)29/h5-12H,4H2,1-3H3,(H,25,28). The van der Waals surface area contributed by atoms with Gasteiger partial charge in [-0.3, -0.25) is 19.3 Å². The van der Waals surface area contributed by atoms with Crippen molar-refractivity contribution in [3.8, 4) is 5.69 Å². The first-order valence-electron chi connectivity index (χ1n) is 9.91. The molecule has 0 fully saturated rings. The summed E-state index contributed by atoms with van der Waals surface area (Å²) in [4.78, 5) is 49.8. The Morgan fingerprint density at radius 1 is 1.03 bits per heavy atom. The van der Waals surface area contributed by atoms with E-state index in [0.29, 0.717) is 33.8 Å². The van der Waals surface area contributed by atoms with E-state index in [1.54, 1.807) is 48.9 Å². The molecule has 32 heavy (non-hydrogen) atoms. The third kappa shape index (κ3) is 3.53. The summed E-state index contributed by atoms with van der Waals surface area (Å²) in [6.45, 7) is 3.77. The molecular formula is C23H20N4O5. The molecule has 0 unspecified atom stereocenters. The molecule has 1 aliphatic rings. The van der Waals surface area contributed by atoms with Crippen LogP contribution in [0.4, 0.5) is 5.69 Å². The smallest absolute Gasteiger partial charge is 0.341 e. The number of nitrogens with zero attached hydrogens (tertiary/aromatic N) is 3. The number of amides is 3. The maximum Gasteiger partial charge on any atom is 0.341 e. The van der Waals surface area contributed by atoms with Gasteiger partial charge in [-0.05, 0) is 56.3 Å². The Bertz CT molecular complexity index is 1260. The fourth-order valence-corrected chi connectivity index (χ4v) is 3.48. The van der Waals surface area contributed by atoms with Gasteiger partial charge in [0.15, 0.2) is 0 Å². The predicted octanol–water partition coefficient (Wildman–Crippen LogP) is 2.84. The zero-order valence-corrected chi connectivity index (χ0v) is 17.7. The van der Waals surface area contributed by atoms with E-state index in [1.807, 2.05) is 0 Å². The highest BCUT2D eigenvalue weighted by atomic mass is 16.5. The van der Waals surface area contributed by atoms with Crippen molar-refractivity contribution in [2.45, 2.75) is 13.8 Å². The number of carbonyl (C=O) groups is 4. The van der Waals surface area contributed by atoms with Crippen molar-refractivity contribution in [3.05, 3.63) is 76.6 Å². The number of anilines is 1. The van der Waals surface area contributed by atoms with Gasteiger partial charge in [-0.25, -0.2) is 9.48 Å². The van der Waals surface area contributed by atoms with Crippen molar-refractivity contribution < 1.29 is 23.9 Å². The molecule has 162 valence electrons. The number of esters is 1. The van der Waals surface area contributed by atoms with Gasteiger partial charge in [0.2, 0.25) is 0 Å². The first-order valence-corrected chi connectivity index (χ1v) is 9.91. The first kappa shape index (κ1) is 21.0. The molecule has 0 saturated heterocycles. The van der Waals surface area contributed by atoms with Gasteiger partial charge in [0, 0.05) is 18.3 Å². The fraction of sp³-hybridized carbons (Fsp3) is 0.174. The van der Waals surface area contributed by atoms with Crippen LogP contribution in [0.5, 0.6) is 0 Å². The number of hydrogen-bond acceptors (Lipinski definition) is 6. The van der Waals surface area contributed by atoms with Crippen molar-refractivity contribution in [1.82, 2.24) is 14.7 Å². The molecule has 2 heterocycles. The first-order chi connectivity index (χ1) is 15.3. The Kier molecular flexibility index (Phi) is 5.31. The lowest BCUT2D eigenvalue weighted by atomic mass is 10.1. The average Bonchev–Trinajstić information content (AvgIpc) is 3.27. The molecule has 0 radical (unpaired) electrons. The molecule has 3 amide bonds. The summed E-state index contributed by atoms with van der Waals surface area (Å²) in [6.07, 6.45) is 1.45. The number of ether oxygens (including phenoxy) is 1. The van der Waals surface area contributed by atoms with Gasteiger partial charge in [-0.15, -0.1) is 0 Å². The molecule has 9 nitrogen and oxygen atoms in total. The van der Waals surface area contributed by atoms with Crippen LogP contribution in [0.15, 0.2) is 48.7 Å². The summed E-state index contributed by atoms with van der Waals surface area (Å²) in [5.74, 6) is -1.57. The van der Waals surface area contributed by atoms with E-state index in [1.165, 1.54) is 25.4 Å². The normalized spacial score (nSPS) is 12.7. The molecule has 0 spiro atoms. The highest BCUT2D eigenvalue weighted by Crippen LogP contribution is 2.25. The molecule has 0 bridgehead atoms. The minimum Gasteiger partial charge on any atom is -0.462 e. The molecule has 9 heteroatoms. The van der Waals surface area contributed by atoms with Crippen molar-refractivity contribution in [2.75, 3.05) is 19.0 Å². The van der Waals surface area contributed by atoms with E-state index < -0.39 is 11.9 Å². The van der Waals surface area contributed by atoms with E-state index in [9.17, 15) is 19.2 Å². The molecule has 0 atom stereocenters. The lowest BCUT2D eigenvalue weighted by Crippen LogP contribution is -2.24. The van der Waals surface area contributed by atoms with E-state index in [0.717, 1.165) is 4.90 Å². The van der Waals surface area contributed by atoms with Crippen molar-refractivity contribution in [3.63, 3.8) is 0 Å². The van der Waals surface area contributed by atoms with Gasteiger partial charge in [0.25, 0.3) is 17.7 Å². The van der Waals surface area contributed by atoms with Crippen molar-refractivity contribution in [2.24, 2.45) is 0 Å². The van der Waals surface area contributed by atoms with E-state index in [4.69, 9.17) is 4.74 Å². The van der Waals surface area contributed by atoms with Crippen LogP contribution in [-0.4, -0.2) is 52.0 Å². The number of nitrogens with one attached hydrogen (secondary N) is 1. The Morgan fingerprint density at radius 2 is 1.72 bits per heavy atom. The number of benzene rings is 2. The quantitative estimate of drug-likeness (QED) is 0.490. The van der Waals surface area contributed by atoms with E-state index in [2.05, 4.69) is 10.4 Å². The van der Waals surface area contributed by atoms with Crippen LogP contribution in [0.1, 0.15) is 54.0 Å². The van der Waals surface area contributed by atoms with E-state index >= 15 is 0 Å². The summed E-state index contributed by atoms with van der Waals surface area (Å²) < 4.78 is 6.61. The van der Waals surface area contributed by atoms with Gasteiger partial charge in [-0.2, -0.15) is 5.10 Å². The molecule has 0 aliphatic carbocycles. The second-order valence-corrected chi connectivity index (χ2v) is 7.21. The SMILES string of the molecule is CCOC(=O)c1cnn(-c2ccc(C(=O)Nc3ccc4c(c3)C(=O)N(C)C4=O)cc2)c1C. The van der Waals surface area contributed by atoms with Gasteiger partial charge in [0.05, 0.1) is 35.3 Å². The molecule has 0 saturated carbocycles. The fourth-order valence-electron chi connectivity index (χ4n) is 3.48. The van der Waals surface area contributed by atoms with Crippen LogP contribution in [0, 0.1) is 6.92 Å². The number of fused-ring (bicyclic) bond motifs is 1. The Morgan fingerprint density at radius 3 is 2.41 bits per heavy atom. The molecule has 1 aromatic heterocycles. The number of aromatic nitrogens is 2. The predicted molar refractivity (Wildman–Crippen MR) is 115 cm³/mol. The van der Waals surface area contributed by atoms with E-state index in [-0.39, 0.29) is 24.0 Å². The molecule has 1 N–H and O–H groups in total. The summed E-state index contributed by atoms with van der Waals surface area (Å²) in [5, 5.41) is 6.97. The minimum atomic E-state index is -0.437. The highest BCUT2D eigenvalue weighted by Gasteiger charge is 2.32. The highest BCUT2D eigenvalue weighted by molar-refractivity contribution is 6.21. The zero-order chi connectivity index (χ0) is 23.0. The van der Waals surface area contributed by atoms with Crippen LogP contribution in [0.25, 0.3) is 5.69 Å². The lowest BCUT2D eigenvalue weighted by Gasteiger charge is -2.09. The largest absolute Gasteiger partial charge is 0.462 e. The summed E-state index contributed by atoms with van der Waals surface area (Å²) in [6, 6.07) is 11.3. The van der Waals surface area contributed by atoms with Crippen LogP contribution in [0.3, 0.4) is 0 Å². The maximum atomic E-state index is 12.6. The van der Waals surface area contributed by atoms with Crippen molar-refractivity contribution >= 4 is 29.4 Å². The van der Waals surface area contributed by atoms with Gasteiger partial charge < -0.3 is 10.1 Å². The average molecular weight is 432 g/mol. The third-order valence-electron chi connectivity index (χ3n) is 5.23. The zero-order valence-electron chi connectivity index (χ0n) is 17.7. The number of carbonyl (C=O) groups excluding carboxylic acids is 4. The van der Waals surface area contributed by atoms with Crippen molar-refractivity contribution in [1.29, 1.82) is 0 Å². The summed E-state index contributed by atoms with van der Waals surface area (Å²) >= 11 is 0. The van der Waals surface area contributed by atoms with Gasteiger partial charge >= 0.3 is 5.97 Å². The molecule has 1 aliphatic heterocycles. The number of imide groups is 1. The van der Waals surface area contributed by atoms with Crippen LogP contribution in [0.2, 0.25) is 0 Å². The minimum absolute atomic E-state index is 0.261. The monoisotopic (exact) mass is 432 g/mol. The molecule has 4 rings (SSSR count). The van der Waals surface area contributed by atoms with Crippen LogP contribution in [-0.2, 0) is 4.74 Å². The summed E-state index contributed by atoms with van der Waals surface area (Å²) in [5.41, 5.74) is 3.07. The number of hydrogen-bond donors (Lipinski definition) is 1. The van der Waals surface area contributed by atoms with Gasteiger partial charge in [-0.1, -0.05) is 0 Å². The second-order valence-electron chi connectivity index (χ2n) is 7.21. The third-order valence-corrected chi connectivity index (χ3v) is 5.23. The molecular weight excluding hydrogens is 412 g/mol. The van der Waals surface area contributed by atoms with Crippen LogP contribution < -0.4 is 5.32 Å². The molecule has 3 aromatic rings.